The second-order valence-corrected chi connectivity index (χ2v) is 10.4. The third-order valence-electron chi connectivity index (χ3n) is 7.81. The quantitative estimate of drug-likeness (QED) is 0.249. The van der Waals surface area contributed by atoms with Crippen LogP contribution in [0.2, 0.25) is 0 Å². The van der Waals surface area contributed by atoms with Crippen molar-refractivity contribution < 1.29 is 23.8 Å². The molecule has 0 saturated carbocycles. The maximum atomic E-state index is 14.7. The SMILES string of the molecule is C#C.C=NC(=NC=Nc1ccc(N2CCN(C3COC3)CC2)cc1)c1ccc(O[C@H]2CCN(C(=O)CO)C[C@H]2F)c(C#N)c1.CC.CN. The normalized spacial score (nSPS) is 19.6. The van der Waals surface area contributed by atoms with Gasteiger partial charge in [0.1, 0.15) is 30.9 Å². The van der Waals surface area contributed by atoms with Crippen molar-refractivity contribution in [1.82, 2.24) is 9.80 Å². The number of ether oxygens (including phenoxy) is 2. The summed E-state index contributed by atoms with van der Waals surface area (Å²) in [5, 5.41) is 18.7. The molecule has 2 aromatic rings. The van der Waals surface area contributed by atoms with Gasteiger partial charge in [0, 0.05) is 50.4 Å². The lowest BCUT2D eigenvalue weighted by Gasteiger charge is -2.43. The van der Waals surface area contributed by atoms with Gasteiger partial charge >= 0.3 is 0 Å². The fourth-order valence-corrected chi connectivity index (χ4v) is 5.25. The number of benzene rings is 2. The Bertz CT molecular complexity index is 1410. The molecule has 48 heavy (non-hydrogen) atoms. The van der Waals surface area contributed by atoms with Crippen LogP contribution in [0, 0.1) is 24.2 Å². The van der Waals surface area contributed by atoms with Gasteiger partial charge in [0.2, 0.25) is 5.91 Å². The number of amides is 1. The number of anilines is 1. The number of terminal acetylenes is 1. The summed E-state index contributed by atoms with van der Waals surface area (Å²) in [6.07, 6.45) is 7.37. The number of alkyl halides is 1. The summed E-state index contributed by atoms with van der Waals surface area (Å²) in [4.78, 5) is 30.5. The summed E-state index contributed by atoms with van der Waals surface area (Å²) in [5.74, 6) is -0.0224. The summed E-state index contributed by atoms with van der Waals surface area (Å²) < 4.78 is 25.8. The number of aliphatic hydroxyl groups is 1. The summed E-state index contributed by atoms with van der Waals surface area (Å²) >= 11 is 0. The van der Waals surface area contributed by atoms with E-state index in [1.54, 1.807) is 18.2 Å². The van der Waals surface area contributed by atoms with E-state index in [0.717, 1.165) is 50.8 Å². The largest absolute Gasteiger partial charge is 0.486 e. The number of carbonyl (C=O) groups is 1. The molecule has 3 N–H and O–H groups in total. The molecule has 3 heterocycles. The number of hydrogen-bond acceptors (Lipinski definition) is 9. The lowest BCUT2D eigenvalue weighted by atomic mass is 10.0. The summed E-state index contributed by atoms with van der Waals surface area (Å²) in [6, 6.07) is 15.4. The van der Waals surface area contributed by atoms with E-state index in [0.29, 0.717) is 11.6 Å². The van der Waals surface area contributed by atoms with Gasteiger partial charge in [-0.05, 0) is 56.2 Å². The number of halogens is 1. The first-order chi connectivity index (χ1) is 23.5. The first-order valence-corrected chi connectivity index (χ1v) is 15.9. The molecule has 0 aromatic heterocycles. The maximum absolute atomic E-state index is 14.7. The molecule has 0 spiro atoms. The Hall–Kier alpha value is -4.66. The van der Waals surface area contributed by atoms with Crippen LogP contribution in [-0.4, -0.2) is 124 Å². The van der Waals surface area contributed by atoms with Crippen LogP contribution >= 0.6 is 0 Å². The Morgan fingerprint density at radius 1 is 1.15 bits per heavy atom. The number of nitrogens with zero attached hydrogens (tertiary/aromatic N) is 7. The fraction of sp³-hybridized carbons (Fsp3) is 0.457. The van der Waals surface area contributed by atoms with E-state index >= 15 is 0 Å². The van der Waals surface area contributed by atoms with Gasteiger partial charge < -0.3 is 30.1 Å². The zero-order valence-corrected chi connectivity index (χ0v) is 28.0. The number of carbonyl (C=O) groups excluding carboxylic acids is 1. The Balaban J connectivity index is 0.00000126. The predicted octanol–water partition coefficient (Wildman–Crippen LogP) is 3.05. The third kappa shape index (κ3) is 10.7. The fourth-order valence-electron chi connectivity index (χ4n) is 5.25. The Morgan fingerprint density at radius 2 is 1.81 bits per heavy atom. The number of piperidine rings is 1. The first kappa shape index (κ1) is 39.5. The average molecular weight is 663 g/mol. The summed E-state index contributed by atoms with van der Waals surface area (Å²) in [6.45, 7) is 12.7. The van der Waals surface area contributed by atoms with Crippen molar-refractivity contribution in [2.24, 2.45) is 20.7 Å². The number of aliphatic hydroxyl groups excluding tert-OH is 1. The van der Waals surface area contributed by atoms with Gasteiger partial charge in [-0.1, -0.05) is 13.8 Å². The zero-order valence-electron chi connectivity index (χ0n) is 28.0. The molecule has 0 unspecified atom stereocenters. The molecule has 0 bridgehead atoms. The van der Waals surface area contributed by atoms with Crippen molar-refractivity contribution in [2.45, 2.75) is 38.6 Å². The average Bonchev–Trinajstić information content (AvgIpc) is 3.13. The minimum Gasteiger partial charge on any atom is -0.486 e. The van der Waals surface area contributed by atoms with Crippen molar-refractivity contribution in [3.8, 4) is 24.7 Å². The highest BCUT2D eigenvalue weighted by Gasteiger charge is 2.33. The lowest BCUT2D eigenvalue weighted by molar-refractivity contribution is -0.138. The van der Waals surface area contributed by atoms with E-state index in [1.807, 2.05) is 26.0 Å². The van der Waals surface area contributed by atoms with Gasteiger partial charge in [0.05, 0.1) is 37.1 Å². The number of piperazine rings is 1. The molecule has 3 saturated heterocycles. The highest BCUT2D eigenvalue weighted by molar-refractivity contribution is 6.05. The molecule has 13 heteroatoms. The zero-order chi connectivity index (χ0) is 35.5. The number of amidine groups is 1. The van der Waals surface area contributed by atoms with Gasteiger partial charge in [-0.3, -0.25) is 9.69 Å². The molecule has 258 valence electrons. The number of hydrogen-bond donors (Lipinski definition) is 2. The smallest absolute Gasteiger partial charge is 0.248 e. The third-order valence-corrected chi connectivity index (χ3v) is 7.81. The molecule has 3 aliphatic rings. The molecule has 0 radical (unpaired) electrons. The highest BCUT2D eigenvalue weighted by Crippen LogP contribution is 2.26. The highest BCUT2D eigenvalue weighted by atomic mass is 19.1. The van der Waals surface area contributed by atoms with E-state index < -0.39 is 24.8 Å². The summed E-state index contributed by atoms with van der Waals surface area (Å²) in [5.41, 5.74) is 7.12. The molecular weight excluding hydrogens is 615 g/mol. The van der Waals surface area contributed by atoms with Crippen LogP contribution in [0.25, 0.3) is 0 Å². The molecule has 2 aromatic carbocycles. The van der Waals surface area contributed by atoms with Crippen LogP contribution in [0.4, 0.5) is 15.8 Å². The molecular formula is C35H47FN8O4. The van der Waals surface area contributed by atoms with Gasteiger partial charge in [0.15, 0.2) is 12.0 Å². The minimum atomic E-state index is -1.45. The number of nitrogens with two attached hydrogens (primary N) is 1. The van der Waals surface area contributed by atoms with E-state index in [4.69, 9.17) is 14.6 Å². The standard InChI is InChI=1S/C30H34FN7O4.C2H6.C2H2.CH5N/c1-33-30(21-2-7-27(22(14-21)15-32)42-28-8-9-38(16-26(28)31)29(40)17-39)35-20-34-23-3-5-24(6-4-23)36-10-12-37(13-11-36)25-18-41-19-25;3*1-2/h2-7,14,20,25-26,28,39H,1,8-13,16-19H2;1-2H3;1-2H;2H2,1H3/t26-,28+;;;/m1.../s1. The molecule has 5 rings (SSSR count). The first-order valence-electron chi connectivity index (χ1n) is 15.9. The van der Waals surface area contributed by atoms with Crippen LogP contribution in [0.15, 0.2) is 57.4 Å². The van der Waals surface area contributed by atoms with Gasteiger partial charge in [-0.25, -0.2) is 19.4 Å². The number of nitriles is 1. The van der Waals surface area contributed by atoms with Crippen molar-refractivity contribution in [3.05, 3.63) is 53.6 Å². The Labute approximate surface area is 283 Å². The number of rotatable bonds is 8. The molecule has 0 aliphatic carbocycles. The lowest BCUT2D eigenvalue weighted by Crippen LogP contribution is -2.56. The van der Waals surface area contributed by atoms with Gasteiger partial charge in [0.25, 0.3) is 0 Å². The van der Waals surface area contributed by atoms with Crippen LogP contribution < -0.4 is 15.4 Å². The van der Waals surface area contributed by atoms with Crippen molar-refractivity contribution >= 4 is 36.2 Å². The molecule has 3 fully saturated rings. The number of aliphatic imine (C=N–C) groups is 3. The second-order valence-electron chi connectivity index (χ2n) is 10.4. The Kier molecular flexibility index (Phi) is 17.5. The van der Waals surface area contributed by atoms with Crippen molar-refractivity contribution in [1.29, 1.82) is 5.26 Å². The van der Waals surface area contributed by atoms with Crippen LogP contribution in [0.3, 0.4) is 0 Å². The van der Waals surface area contributed by atoms with Gasteiger partial charge in [-0.2, -0.15) is 5.26 Å². The predicted molar refractivity (Wildman–Crippen MR) is 189 cm³/mol. The van der Waals surface area contributed by atoms with Crippen molar-refractivity contribution in [3.63, 3.8) is 0 Å². The summed E-state index contributed by atoms with van der Waals surface area (Å²) in [7, 11) is 1.50. The second kappa shape index (κ2) is 21.3. The topological polar surface area (TPSA) is 152 Å². The van der Waals surface area contributed by atoms with E-state index in [2.05, 4.69) is 68.3 Å². The van der Waals surface area contributed by atoms with Crippen molar-refractivity contribution in [2.75, 3.05) is 71.0 Å². The minimum absolute atomic E-state index is 0.170. The monoisotopic (exact) mass is 662 g/mol. The van der Waals surface area contributed by atoms with Crippen LogP contribution in [0.5, 0.6) is 5.75 Å². The van der Waals surface area contributed by atoms with E-state index in [1.165, 1.54) is 18.3 Å². The van der Waals surface area contributed by atoms with E-state index in [9.17, 15) is 14.4 Å². The molecule has 3 aliphatic heterocycles. The number of likely N-dealkylation sites (tertiary alicyclic amines) is 1. The molecule has 2 atom stereocenters. The molecule has 12 nitrogen and oxygen atoms in total. The van der Waals surface area contributed by atoms with Gasteiger partial charge in [-0.15, -0.1) is 12.8 Å². The maximum Gasteiger partial charge on any atom is 0.248 e. The molecule has 1 amide bonds. The van der Waals surface area contributed by atoms with E-state index in [-0.39, 0.29) is 36.7 Å². The Morgan fingerprint density at radius 3 is 2.35 bits per heavy atom. The van der Waals surface area contributed by atoms with Crippen LogP contribution in [-0.2, 0) is 9.53 Å². The van der Waals surface area contributed by atoms with Crippen LogP contribution in [0.1, 0.15) is 31.4 Å².